The van der Waals surface area contributed by atoms with Crippen LogP contribution in [0.1, 0.15) is 5.56 Å². The lowest BCUT2D eigenvalue weighted by Gasteiger charge is -2.10. The van der Waals surface area contributed by atoms with Gasteiger partial charge in [-0.05, 0) is 18.2 Å². The second kappa shape index (κ2) is 6.70. The molecule has 0 amide bonds. The van der Waals surface area contributed by atoms with E-state index in [0.29, 0.717) is 15.9 Å². The fourth-order valence-electron chi connectivity index (χ4n) is 2.33. The van der Waals surface area contributed by atoms with Crippen molar-refractivity contribution in [1.29, 1.82) is 5.26 Å². The summed E-state index contributed by atoms with van der Waals surface area (Å²) in [6.45, 7) is 0. The molecule has 26 heavy (non-hydrogen) atoms. The minimum atomic E-state index is -4.02. The van der Waals surface area contributed by atoms with Crippen molar-refractivity contribution in [1.82, 2.24) is 15.0 Å². The third kappa shape index (κ3) is 3.10. The van der Waals surface area contributed by atoms with E-state index in [2.05, 4.69) is 19.7 Å². The van der Waals surface area contributed by atoms with Crippen LogP contribution in [0.25, 0.3) is 10.9 Å². The highest BCUT2D eigenvalue weighted by atomic mass is 35.5. The molecule has 2 heterocycles. The van der Waals surface area contributed by atoms with E-state index in [1.54, 1.807) is 18.2 Å². The minimum Gasteiger partial charge on any atom is -0.480 e. The van der Waals surface area contributed by atoms with Crippen molar-refractivity contribution in [2.75, 3.05) is 18.9 Å². The van der Waals surface area contributed by atoms with Crippen LogP contribution in [0.4, 0.5) is 5.95 Å². The maximum atomic E-state index is 12.7. The van der Waals surface area contributed by atoms with Crippen molar-refractivity contribution in [3.05, 3.63) is 35.0 Å². The van der Waals surface area contributed by atoms with Crippen molar-refractivity contribution in [2.24, 2.45) is 0 Å². The molecule has 11 heteroatoms. The molecular formula is C15H12ClN5O4S. The van der Waals surface area contributed by atoms with Gasteiger partial charge < -0.3 is 14.5 Å². The summed E-state index contributed by atoms with van der Waals surface area (Å²) in [5.41, 5.74) is 0.522. The molecule has 2 aromatic heterocycles. The zero-order valence-electron chi connectivity index (χ0n) is 13.6. The number of fused-ring (bicyclic) bond motifs is 1. The van der Waals surface area contributed by atoms with Crippen LogP contribution >= 0.6 is 11.6 Å². The van der Waals surface area contributed by atoms with Crippen LogP contribution in [0, 0.1) is 11.3 Å². The van der Waals surface area contributed by atoms with E-state index >= 15 is 0 Å². The molecule has 0 aliphatic rings. The number of sulfonamides is 1. The van der Waals surface area contributed by atoms with Gasteiger partial charge in [0.25, 0.3) is 10.0 Å². The van der Waals surface area contributed by atoms with Gasteiger partial charge in [-0.25, -0.2) is 13.1 Å². The second-order valence-electron chi connectivity index (χ2n) is 5.00. The Labute approximate surface area is 153 Å². The highest BCUT2D eigenvalue weighted by molar-refractivity contribution is 7.93. The van der Waals surface area contributed by atoms with Crippen molar-refractivity contribution in [3.8, 4) is 17.8 Å². The number of halogens is 1. The van der Waals surface area contributed by atoms with Gasteiger partial charge in [-0.1, -0.05) is 11.6 Å². The van der Waals surface area contributed by atoms with Gasteiger partial charge in [0.15, 0.2) is 5.56 Å². The highest BCUT2D eigenvalue weighted by Crippen LogP contribution is 2.29. The van der Waals surface area contributed by atoms with Crippen LogP contribution in [0.5, 0.6) is 11.8 Å². The maximum Gasteiger partial charge on any atom is 0.266 e. The molecule has 134 valence electrons. The Morgan fingerprint density at radius 2 is 1.88 bits per heavy atom. The Hall–Kier alpha value is -3.03. The number of aromatic amines is 1. The molecule has 3 aromatic rings. The van der Waals surface area contributed by atoms with E-state index in [-0.39, 0.29) is 28.2 Å². The molecular weight excluding hydrogens is 382 g/mol. The van der Waals surface area contributed by atoms with E-state index in [1.807, 2.05) is 6.07 Å². The lowest BCUT2D eigenvalue weighted by atomic mass is 10.2. The predicted octanol–water partition coefficient (Wildman–Crippen LogP) is 2.30. The van der Waals surface area contributed by atoms with Gasteiger partial charge in [0, 0.05) is 22.1 Å². The molecule has 3 rings (SSSR count). The van der Waals surface area contributed by atoms with E-state index in [1.165, 1.54) is 20.4 Å². The van der Waals surface area contributed by atoms with E-state index < -0.39 is 10.0 Å². The first kappa shape index (κ1) is 17.8. The quantitative estimate of drug-likeness (QED) is 0.680. The number of hydrogen-bond donors (Lipinski definition) is 2. The van der Waals surface area contributed by atoms with E-state index in [4.69, 9.17) is 26.3 Å². The summed E-state index contributed by atoms with van der Waals surface area (Å²) in [6, 6.07) is 6.63. The molecule has 0 fully saturated rings. The Morgan fingerprint density at radius 1 is 1.23 bits per heavy atom. The fourth-order valence-corrected chi connectivity index (χ4v) is 3.62. The number of benzene rings is 1. The Kier molecular flexibility index (Phi) is 4.58. The smallest absolute Gasteiger partial charge is 0.266 e. The van der Waals surface area contributed by atoms with Crippen molar-refractivity contribution >= 4 is 38.5 Å². The summed E-state index contributed by atoms with van der Waals surface area (Å²) >= 11 is 5.91. The SMILES string of the molecule is COc1nc(NS(=O)(=O)c2c[nH]c3cc(Cl)ccc23)nc(OC)c1C#N. The first-order valence-corrected chi connectivity index (χ1v) is 8.95. The molecule has 0 saturated heterocycles. The number of rotatable bonds is 5. The summed E-state index contributed by atoms with van der Waals surface area (Å²) in [5.74, 6) is -0.508. The highest BCUT2D eigenvalue weighted by Gasteiger charge is 2.23. The van der Waals surface area contributed by atoms with Crippen LogP contribution < -0.4 is 14.2 Å². The lowest BCUT2D eigenvalue weighted by Crippen LogP contribution is -2.16. The molecule has 0 unspecified atom stereocenters. The first-order valence-electron chi connectivity index (χ1n) is 7.09. The molecule has 0 bridgehead atoms. The van der Waals surface area contributed by atoms with Crippen LogP contribution in [-0.4, -0.2) is 37.6 Å². The lowest BCUT2D eigenvalue weighted by molar-refractivity contribution is 0.370. The van der Waals surface area contributed by atoms with Crippen LogP contribution in [0.15, 0.2) is 29.3 Å². The average Bonchev–Trinajstić information content (AvgIpc) is 3.04. The zero-order valence-corrected chi connectivity index (χ0v) is 15.1. The average molecular weight is 394 g/mol. The van der Waals surface area contributed by atoms with Gasteiger partial charge in [-0.2, -0.15) is 15.2 Å². The number of nitrogens with zero attached hydrogens (tertiary/aromatic N) is 3. The van der Waals surface area contributed by atoms with Crippen LogP contribution in [-0.2, 0) is 10.0 Å². The molecule has 0 aliphatic heterocycles. The summed E-state index contributed by atoms with van der Waals surface area (Å²) < 4.78 is 37.7. The Bertz CT molecular complexity index is 1110. The number of methoxy groups -OCH3 is 2. The Morgan fingerprint density at radius 3 is 2.46 bits per heavy atom. The fraction of sp³-hybridized carbons (Fsp3) is 0.133. The third-order valence-electron chi connectivity index (χ3n) is 3.46. The third-order valence-corrected chi connectivity index (χ3v) is 5.07. The molecule has 1 aromatic carbocycles. The van der Waals surface area contributed by atoms with E-state index in [9.17, 15) is 8.42 Å². The van der Waals surface area contributed by atoms with Gasteiger partial charge in [0.1, 0.15) is 11.0 Å². The molecule has 0 atom stereocenters. The molecule has 0 radical (unpaired) electrons. The van der Waals surface area contributed by atoms with Crippen LogP contribution in [0.3, 0.4) is 0 Å². The number of aromatic nitrogens is 3. The van der Waals surface area contributed by atoms with Gasteiger partial charge in [0.2, 0.25) is 17.7 Å². The zero-order chi connectivity index (χ0) is 18.9. The van der Waals surface area contributed by atoms with Gasteiger partial charge in [-0.15, -0.1) is 0 Å². The molecule has 9 nitrogen and oxygen atoms in total. The summed E-state index contributed by atoms with van der Waals surface area (Å²) in [5, 5.41) is 10.1. The van der Waals surface area contributed by atoms with Gasteiger partial charge in [0.05, 0.1) is 14.2 Å². The largest absolute Gasteiger partial charge is 0.480 e. The second-order valence-corrected chi connectivity index (χ2v) is 7.09. The first-order chi connectivity index (χ1) is 12.4. The predicted molar refractivity (Wildman–Crippen MR) is 94.0 cm³/mol. The summed E-state index contributed by atoms with van der Waals surface area (Å²) in [4.78, 5) is 10.6. The van der Waals surface area contributed by atoms with Crippen LogP contribution in [0.2, 0.25) is 5.02 Å². The summed E-state index contributed by atoms with van der Waals surface area (Å²) in [7, 11) is -1.43. The molecule has 0 aliphatic carbocycles. The van der Waals surface area contributed by atoms with Crippen molar-refractivity contribution in [2.45, 2.75) is 4.90 Å². The topological polar surface area (TPSA) is 130 Å². The number of H-pyrrole nitrogens is 1. The Balaban J connectivity index is 2.06. The monoisotopic (exact) mass is 393 g/mol. The number of anilines is 1. The van der Waals surface area contributed by atoms with E-state index in [0.717, 1.165) is 0 Å². The maximum absolute atomic E-state index is 12.7. The van der Waals surface area contributed by atoms with Gasteiger partial charge >= 0.3 is 0 Å². The summed E-state index contributed by atoms with van der Waals surface area (Å²) in [6.07, 6.45) is 1.33. The van der Waals surface area contributed by atoms with Gasteiger partial charge in [-0.3, -0.25) is 0 Å². The normalized spacial score (nSPS) is 11.2. The van der Waals surface area contributed by atoms with Crippen molar-refractivity contribution in [3.63, 3.8) is 0 Å². The molecule has 0 saturated carbocycles. The molecule has 2 N–H and O–H groups in total. The van der Waals surface area contributed by atoms with Crippen molar-refractivity contribution < 1.29 is 17.9 Å². The number of hydrogen-bond acceptors (Lipinski definition) is 7. The number of nitrogens with one attached hydrogen (secondary N) is 2. The number of nitriles is 1. The standard InChI is InChI=1S/C15H12ClN5O4S/c1-24-13-10(6-17)14(25-2)20-15(19-13)21-26(22,23)12-7-18-11-5-8(16)3-4-9(11)12/h3-5,7,18H,1-2H3,(H,19,20,21). The minimum absolute atomic E-state index is 0.00457. The number of ether oxygens (including phenoxy) is 2. The molecule has 0 spiro atoms.